The molecule has 2 aromatic rings. The number of imide groups is 1. The van der Waals surface area contributed by atoms with Crippen molar-refractivity contribution in [1.29, 1.82) is 0 Å². The molecule has 0 spiro atoms. The fraction of sp³-hybridized carbons (Fsp3) is 0.423. The van der Waals surface area contributed by atoms with Crippen LogP contribution in [0.4, 0.5) is 10.5 Å². The Hall–Kier alpha value is -4.16. The first kappa shape index (κ1) is 29.4. The van der Waals surface area contributed by atoms with Gasteiger partial charge >= 0.3 is 6.03 Å². The largest absolute Gasteiger partial charge is 0.508 e. The second-order valence-corrected chi connectivity index (χ2v) is 8.63. The van der Waals surface area contributed by atoms with Gasteiger partial charge in [-0.15, -0.1) is 0 Å². The van der Waals surface area contributed by atoms with E-state index in [9.17, 15) is 19.5 Å². The van der Waals surface area contributed by atoms with Crippen molar-refractivity contribution < 1.29 is 33.7 Å². The molecule has 1 fully saturated rings. The van der Waals surface area contributed by atoms with Gasteiger partial charge in [-0.05, 0) is 67.9 Å². The van der Waals surface area contributed by atoms with Gasteiger partial charge in [0.05, 0.1) is 38.2 Å². The van der Waals surface area contributed by atoms with Crippen LogP contribution in [0.25, 0.3) is 10.4 Å². The van der Waals surface area contributed by atoms with E-state index in [2.05, 4.69) is 20.7 Å². The summed E-state index contributed by atoms with van der Waals surface area (Å²) < 4.78 is 16.3. The topological polar surface area (TPSA) is 175 Å². The van der Waals surface area contributed by atoms with Crippen LogP contribution < -0.4 is 20.3 Å². The van der Waals surface area contributed by atoms with Crippen molar-refractivity contribution in [3.05, 3.63) is 64.0 Å². The third-order valence-corrected chi connectivity index (χ3v) is 5.98. The third kappa shape index (κ3) is 8.16. The number of urea groups is 1. The van der Waals surface area contributed by atoms with Gasteiger partial charge in [0.2, 0.25) is 0 Å². The highest BCUT2D eigenvalue weighted by atomic mass is 16.5. The maximum absolute atomic E-state index is 13.2. The Morgan fingerprint density at radius 1 is 1.13 bits per heavy atom. The van der Waals surface area contributed by atoms with E-state index in [-0.39, 0.29) is 30.2 Å². The van der Waals surface area contributed by atoms with Crippen LogP contribution in [-0.2, 0) is 25.5 Å². The Bertz CT molecular complexity index is 1200. The molecule has 0 aromatic heterocycles. The van der Waals surface area contributed by atoms with Crippen molar-refractivity contribution >= 4 is 23.4 Å². The molecule has 208 valence electrons. The molecule has 13 nitrogen and oxygen atoms in total. The molecule has 0 radical (unpaired) electrons. The Balaban J connectivity index is 1.54. The van der Waals surface area contributed by atoms with E-state index in [1.807, 2.05) is 0 Å². The second kappa shape index (κ2) is 14.7. The number of anilines is 1. The van der Waals surface area contributed by atoms with Crippen LogP contribution in [0.3, 0.4) is 0 Å². The molecule has 3 N–H and O–H groups in total. The van der Waals surface area contributed by atoms with Crippen LogP contribution in [0.5, 0.6) is 11.5 Å². The number of aromatic hydroxyl groups is 1. The van der Waals surface area contributed by atoms with Crippen molar-refractivity contribution in [2.75, 3.05) is 51.5 Å². The van der Waals surface area contributed by atoms with Crippen LogP contribution >= 0.6 is 0 Å². The summed E-state index contributed by atoms with van der Waals surface area (Å²) in [5, 5.41) is 19.4. The van der Waals surface area contributed by atoms with Gasteiger partial charge in [0, 0.05) is 17.0 Å². The number of phenols is 1. The van der Waals surface area contributed by atoms with Crippen molar-refractivity contribution in [3.8, 4) is 11.5 Å². The Morgan fingerprint density at radius 2 is 1.82 bits per heavy atom. The summed E-state index contributed by atoms with van der Waals surface area (Å²) in [7, 11) is 1.69. The molecular formula is C26H32N6O7. The number of amides is 3. The lowest BCUT2D eigenvalue weighted by molar-refractivity contribution is -0.119. The second-order valence-electron chi connectivity index (χ2n) is 8.63. The van der Waals surface area contributed by atoms with E-state index >= 15 is 0 Å². The first-order valence-electron chi connectivity index (χ1n) is 12.4. The van der Waals surface area contributed by atoms with E-state index in [4.69, 9.17) is 19.7 Å². The van der Waals surface area contributed by atoms with E-state index in [0.29, 0.717) is 44.3 Å². The number of rotatable bonds is 16. The van der Waals surface area contributed by atoms with Crippen molar-refractivity contribution in [1.82, 2.24) is 10.6 Å². The number of benzene rings is 2. The summed E-state index contributed by atoms with van der Waals surface area (Å²) in [6.45, 7) is 3.46. The number of Topliss-reactive ketones (excluding diaryl/α,β-unsaturated/α-hetero) is 1. The minimum Gasteiger partial charge on any atom is -0.508 e. The Morgan fingerprint density at radius 3 is 2.49 bits per heavy atom. The van der Waals surface area contributed by atoms with Crippen molar-refractivity contribution in [2.45, 2.75) is 25.4 Å². The molecule has 1 unspecified atom stereocenters. The van der Waals surface area contributed by atoms with Crippen LogP contribution in [0.1, 0.15) is 24.1 Å². The molecule has 39 heavy (non-hydrogen) atoms. The predicted molar refractivity (Wildman–Crippen MR) is 142 cm³/mol. The number of nitrogens with one attached hydrogen (secondary N) is 2. The molecule has 0 bridgehead atoms. The standard InChI is InChI=1S/C26H32N6O7/c1-17(33)22(28-2)16-18-3-8-23(34)21(15-18)24-25(35)32(26(36)30-24)19-4-6-20(7-5-19)39-14-13-38-12-11-37-10-9-29-31-27/h3-8,15,22,24,28,34H,9-14,16H2,1-2H3,(H,30,36)/t22-,24?/m0/s1. The van der Waals surface area contributed by atoms with Crippen LogP contribution in [0.2, 0.25) is 0 Å². The fourth-order valence-electron chi connectivity index (χ4n) is 3.96. The first-order valence-corrected chi connectivity index (χ1v) is 12.4. The SMILES string of the molecule is CN[C@@H](Cc1ccc(O)c(C2NC(=O)N(c3ccc(OCCOCCOCCN=[N+]=[N-])cc3)C2=O)c1)C(C)=O. The van der Waals surface area contributed by atoms with Crippen molar-refractivity contribution in [2.24, 2.45) is 5.11 Å². The Labute approximate surface area is 225 Å². The molecule has 0 saturated carbocycles. The zero-order valence-corrected chi connectivity index (χ0v) is 21.8. The number of azide groups is 1. The maximum atomic E-state index is 13.2. The molecule has 0 aliphatic carbocycles. The third-order valence-electron chi connectivity index (χ3n) is 5.98. The fourth-order valence-corrected chi connectivity index (χ4v) is 3.96. The highest BCUT2D eigenvalue weighted by Crippen LogP contribution is 2.33. The number of ketones is 1. The number of carbonyl (C=O) groups excluding carboxylic acids is 3. The molecule has 1 aliphatic heterocycles. The quantitative estimate of drug-likeness (QED) is 0.0957. The summed E-state index contributed by atoms with van der Waals surface area (Å²) in [5.41, 5.74) is 9.52. The molecule has 1 aliphatic rings. The summed E-state index contributed by atoms with van der Waals surface area (Å²) in [4.78, 5) is 41.4. The normalized spacial score (nSPS) is 15.5. The number of carbonyl (C=O) groups is 3. The lowest BCUT2D eigenvalue weighted by Crippen LogP contribution is -2.34. The number of likely N-dealkylation sites (N-methyl/N-ethyl adjacent to an activating group) is 1. The van der Waals surface area contributed by atoms with Gasteiger partial charge in [0.15, 0.2) is 0 Å². The van der Waals surface area contributed by atoms with E-state index in [0.717, 1.165) is 10.5 Å². The molecule has 3 rings (SSSR count). The van der Waals surface area contributed by atoms with Crippen molar-refractivity contribution in [3.63, 3.8) is 0 Å². The zero-order valence-electron chi connectivity index (χ0n) is 21.8. The number of phenolic OH excluding ortho intramolecular Hbond substituents is 1. The molecular weight excluding hydrogens is 508 g/mol. The number of hydrogen-bond acceptors (Lipinski definition) is 9. The molecule has 2 atom stereocenters. The highest BCUT2D eigenvalue weighted by molar-refractivity contribution is 6.21. The van der Waals surface area contributed by atoms with Gasteiger partial charge in [-0.25, -0.2) is 9.69 Å². The lowest BCUT2D eigenvalue weighted by Gasteiger charge is -2.16. The van der Waals surface area contributed by atoms with Gasteiger partial charge in [0.1, 0.15) is 29.9 Å². The molecule has 1 saturated heterocycles. The van der Waals surface area contributed by atoms with Crippen LogP contribution in [-0.4, -0.2) is 75.5 Å². The number of ether oxygens (including phenoxy) is 3. The predicted octanol–water partition coefficient (Wildman–Crippen LogP) is 2.63. The maximum Gasteiger partial charge on any atom is 0.329 e. The van der Waals surface area contributed by atoms with Gasteiger partial charge in [-0.2, -0.15) is 0 Å². The molecule has 1 heterocycles. The monoisotopic (exact) mass is 540 g/mol. The lowest BCUT2D eigenvalue weighted by atomic mass is 9.97. The summed E-state index contributed by atoms with van der Waals surface area (Å²) >= 11 is 0. The van der Waals surface area contributed by atoms with E-state index in [1.165, 1.54) is 13.0 Å². The van der Waals surface area contributed by atoms with E-state index < -0.39 is 24.0 Å². The first-order chi connectivity index (χ1) is 18.8. The van der Waals surface area contributed by atoms with Gasteiger partial charge < -0.3 is 30.0 Å². The average molecular weight is 541 g/mol. The zero-order chi connectivity index (χ0) is 28.2. The molecule has 2 aromatic carbocycles. The number of nitrogens with zero attached hydrogens (tertiary/aromatic N) is 4. The molecule has 3 amide bonds. The Kier molecular flexibility index (Phi) is 11.1. The average Bonchev–Trinajstić information content (AvgIpc) is 3.22. The highest BCUT2D eigenvalue weighted by Gasteiger charge is 2.41. The summed E-state index contributed by atoms with van der Waals surface area (Å²) in [6.07, 6.45) is 0.372. The smallest absolute Gasteiger partial charge is 0.329 e. The number of hydrogen-bond donors (Lipinski definition) is 3. The van der Waals surface area contributed by atoms with Gasteiger partial charge in [-0.1, -0.05) is 11.2 Å². The van der Waals surface area contributed by atoms with Gasteiger partial charge in [-0.3, -0.25) is 9.59 Å². The molecule has 13 heteroatoms. The van der Waals surface area contributed by atoms with Gasteiger partial charge in [0.25, 0.3) is 5.91 Å². The minimum atomic E-state index is -1.07. The van der Waals surface area contributed by atoms with E-state index in [1.54, 1.807) is 43.4 Å². The summed E-state index contributed by atoms with van der Waals surface area (Å²) in [5.74, 6) is -0.165. The van der Waals surface area contributed by atoms with Crippen LogP contribution in [0.15, 0.2) is 47.6 Å². The summed E-state index contributed by atoms with van der Waals surface area (Å²) in [6, 6.07) is 9.13. The van der Waals surface area contributed by atoms with Crippen LogP contribution in [0, 0.1) is 0 Å². The minimum absolute atomic E-state index is 0.0338.